The van der Waals surface area contributed by atoms with E-state index in [1.54, 1.807) is 0 Å². The van der Waals surface area contributed by atoms with Crippen LogP contribution < -0.4 is 0 Å². The molecule has 3 heteroatoms. The molecule has 0 radical (unpaired) electrons. The highest BCUT2D eigenvalue weighted by atomic mass is 14.9. The van der Waals surface area contributed by atoms with Crippen molar-refractivity contribution in [3.63, 3.8) is 0 Å². The third-order valence-corrected chi connectivity index (χ3v) is 1.77. The number of aromatic nitrogens is 3. The molecule has 0 aliphatic heterocycles. The minimum absolute atomic E-state index is 0.816. The van der Waals surface area contributed by atoms with Gasteiger partial charge in [0.15, 0.2) is 0 Å². The van der Waals surface area contributed by atoms with Crippen molar-refractivity contribution in [2.75, 3.05) is 0 Å². The smallest absolute Gasteiger partial charge is 0.125 e. The Labute approximate surface area is 64.5 Å². The third-order valence-electron chi connectivity index (χ3n) is 1.77. The second-order valence-corrected chi connectivity index (χ2v) is 2.63. The normalized spacial score (nSPS) is 10.7. The van der Waals surface area contributed by atoms with E-state index in [4.69, 9.17) is 0 Å². The molecule has 0 aliphatic carbocycles. The quantitative estimate of drug-likeness (QED) is 0.614. The van der Waals surface area contributed by atoms with Crippen LogP contribution in [-0.4, -0.2) is 15.0 Å². The Morgan fingerprint density at radius 3 is 3.00 bits per heavy atom. The van der Waals surface area contributed by atoms with Gasteiger partial charge in [-0.15, -0.1) is 0 Å². The lowest BCUT2D eigenvalue weighted by molar-refractivity contribution is 1.09. The van der Waals surface area contributed by atoms with Gasteiger partial charge >= 0.3 is 0 Å². The van der Waals surface area contributed by atoms with Crippen LogP contribution >= 0.6 is 0 Å². The van der Waals surface area contributed by atoms with Crippen LogP contribution in [-0.2, 0) is 0 Å². The maximum Gasteiger partial charge on any atom is 0.125 e. The molecule has 0 fully saturated rings. The Balaban J connectivity index is 2.86. The molecule has 0 saturated carbocycles. The first-order valence-electron chi connectivity index (χ1n) is 3.55. The van der Waals surface area contributed by atoms with E-state index in [9.17, 15) is 0 Å². The molecule has 2 aromatic rings. The largest absolute Gasteiger partial charge is 0.363 e. The van der Waals surface area contributed by atoms with Gasteiger partial charge in [0, 0.05) is 23.5 Å². The number of fused-ring (bicyclic) bond motifs is 1. The van der Waals surface area contributed by atoms with Crippen molar-refractivity contribution >= 4 is 10.9 Å². The number of rotatable bonds is 0. The van der Waals surface area contributed by atoms with Crippen LogP contribution in [0.2, 0.25) is 0 Å². The summed E-state index contributed by atoms with van der Waals surface area (Å²) in [5.74, 6) is 0.816. The highest BCUT2D eigenvalue weighted by Crippen LogP contribution is 2.13. The fourth-order valence-corrected chi connectivity index (χ4v) is 1.14. The van der Waals surface area contributed by atoms with E-state index in [1.165, 1.54) is 0 Å². The summed E-state index contributed by atoms with van der Waals surface area (Å²) in [5.41, 5.74) is 2.12. The van der Waals surface area contributed by atoms with Crippen LogP contribution in [0.3, 0.4) is 0 Å². The summed E-state index contributed by atoms with van der Waals surface area (Å²) in [4.78, 5) is 11.5. The van der Waals surface area contributed by atoms with Gasteiger partial charge in [0.25, 0.3) is 0 Å². The van der Waals surface area contributed by atoms with E-state index in [0.29, 0.717) is 0 Å². The fraction of sp³-hybridized carbons (Fsp3) is 0.250. The summed E-state index contributed by atoms with van der Waals surface area (Å²) in [6.07, 6.45) is 3.75. The van der Waals surface area contributed by atoms with Gasteiger partial charge in [-0.3, -0.25) is 0 Å². The van der Waals surface area contributed by atoms with Crippen molar-refractivity contribution in [3.05, 3.63) is 23.9 Å². The first-order valence-corrected chi connectivity index (χ1v) is 3.55. The topological polar surface area (TPSA) is 41.6 Å². The molecular weight excluding hydrogens is 138 g/mol. The summed E-state index contributed by atoms with van der Waals surface area (Å²) >= 11 is 0. The second-order valence-electron chi connectivity index (χ2n) is 2.63. The van der Waals surface area contributed by atoms with Gasteiger partial charge in [-0.2, -0.15) is 0 Å². The summed E-state index contributed by atoms with van der Waals surface area (Å²) in [6.45, 7) is 3.91. The molecule has 1 N–H and O–H groups in total. The second kappa shape index (κ2) is 2.05. The molecule has 0 aromatic carbocycles. The number of H-pyrrole nitrogens is 1. The molecule has 2 aromatic heterocycles. The lowest BCUT2D eigenvalue weighted by Gasteiger charge is -1.90. The molecule has 0 bridgehead atoms. The maximum absolute atomic E-state index is 4.25. The minimum Gasteiger partial charge on any atom is -0.363 e. The summed E-state index contributed by atoms with van der Waals surface area (Å²) in [5, 5.41) is 1.11. The van der Waals surface area contributed by atoms with E-state index in [0.717, 1.165) is 22.4 Å². The Morgan fingerprint density at radius 1 is 1.36 bits per heavy atom. The van der Waals surface area contributed by atoms with Crippen molar-refractivity contribution in [1.82, 2.24) is 15.0 Å². The van der Waals surface area contributed by atoms with Crippen LogP contribution in [0.15, 0.2) is 12.4 Å². The van der Waals surface area contributed by atoms with Gasteiger partial charge in [0.2, 0.25) is 0 Å². The molecule has 56 valence electrons. The number of nitrogens with one attached hydrogen (secondary N) is 1. The van der Waals surface area contributed by atoms with Crippen LogP contribution in [0.5, 0.6) is 0 Å². The number of nitrogens with zero attached hydrogens (tertiary/aromatic N) is 2. The van der Waals surface area contributed by atoms with Crippen LogP contribution in [0.25, 0.3) is 10.9 Å². The van der Waals surface area contributed by atoms with E-state index in [2.05, 4.69) is 15.0 Å². The van der Waals surface area contributed by atoms with Gasteiger partial charge < -0.3 is 4.98 Å². The molecular formula is C8H9N3. The van der Waals surface area contributed by atoms with Crippen molar-refractivity contribution in [1.29, 1.82) is 0 Å². The number of hydrogen-bond acceptors (Lipinski definition) is 2. The predicted molar refractivity (Wildman–Crippen MR) is 43.4 cm³/mol. The molecule has 3 nitrogen and oxygen atoms in total. The SMILES string of the molecule is Cc1ncc2c(C)[nH]cc2n1. The molecule has 2 rings (SSSR count). The summed E-state index contributed by atoms with van der Waals surface area (Å²) < 4.78 is 0. The van der Waals surface area contributed by atoms with E-state index in [1.807, 2.05) is 26.2 Å². The lowest BCUT2D eigenvalue weighted by atomic mass is 10.3. The molecule has 2 heterocycles. The number of aryl methyl sites for hydroxylation is 2. The van der Waals surface area contributed by atoms with Crippen LogP contribution in [0.1, 0.15) is 11.5 Å². The molecule has 0 saturated heterocycles. The average Bonchev–Trinajstić information content (AvgIpc) is 2.32. The zero-order valence-corrected chi connectivity index (χ0v) is 6.55. The van der Waals surface area contributed by atoms with Gasteiger partial charge in [-0.05, 0) is 13.8 Å². The Bertz CT molecular complexity index is 389. The fourth-order valence-electron chi connectivity index (χ4n) is 1.14. The van der Waals surface area contributed by atoms with Crippen molar-refractivity contribution < 1.29 is 0 Å². The van der Waals surface area contributed by atoms with Gasteiger partial charge in [-0.1, -0.05) is 0 Å². The summed E-state index contributed by atoms with van der Waals surface area (Å²) in [6, 6.07) is 0. The first-order chi connectivity index (χ1) is 5.27. The summed E-state index contributed by atoms with van der Waals surface area (Å²) in [7, 11) is 0. The van der Waals surface area contributed by atoms with Crippen molar-refractivity contribution in [2.45, 2.75) is 13.8 Å². The minimum atomic E-state index is 0.816. The molecule has 11 heavy (non-hydrogen) atoms. The number of aromatic amines is 1. The molecule has 0 aliphatic rings. The van der Waals surface area contributed by atoms with Crippen molar-refractivity contribution in [3.8, 4) is 0 Å². The van der Waals surface area contributed by atoms with Crippen LogP contribution in [0.4, 0.5) is 0 Å². The first kappa shape index (κ1) is 6.34. The van der Waals surface area contributed by atoms with E-state index >= 15 is 0 Å². The Kier molecular flexibility index (Phi) is 1.18. The van der Waals surface area contributed by atoms with Gasteiger partial charge in [0.1, 0.15) is 5.82 Å². The molecule has 0 spiro atoms. The Hall–Kier alpha value is -1.38. The van der Waals surface area contributed by atoms with Gasteiger partial charge in [0.05, 0.1) is 5.52 Å². The van der Waals surface area contributed by atoms with E-state index in [-0.39, 0.29) is 0 Å². The number of hydrogen-bond donors (Lipinski definition) is 1. The standard InChI is InChI=1S/C8H9N3/c1-5-7-3-10-6(2)11-8(7)4-9-5/h3-4,9H,1-2H3. The lowest BCUT2D eigenvalue weighted by Crippen LogP contribution is -1.84. The monoisotopic (exact) mass is 147 g/mol. The van der Waals surface area contributed by atoms with Crippen LogP contribution in [0, 0.1) is 13.8 Å². The highest BCUT2D eigenvalue weighted by Gasteiger charge is 1.99. The van der Waals surface area contributed by atoms with Gasteiger partial charge in [-0.25, -0.2) is 9.97 Å². The third kappa shape index (κ3) is 0.888. The van der Waals surface area contributed by atoms with E-state index < -0.39 is 0 Å². The maximum atomic E-state index is 4.25. The zero-order valence-electron chi connectivity index (χ0n) is 6.55. The molecule has 0 unspecified atom stereocenters. The highest BCUT2D eigenvalue weighted by molar-refractivity contribution is 5.80. The predicted octanol–water partition coefficient (Wildman–Crippen LogP) is 1.57. The zero-order chi connectivity index (χ0) is 7.84. The van der Waals surface area contributed by atoms with Crippen molar-refractivity contribution in [2.24, 2.45) is 0 Å². The Morgan fingerprint density at radius 2 is 2.18 bits per heavy atom. The average molecular weight is 147 g/mol. The molecule has 0 amide bonds. The molecule has 0 atom stereocenters.